The summed E-state index contributed by atoms with van der Waals surface area (Å²) in [6, 6.07) is 6.24. The van der Waals surface area contributed by atoms with Crippen molar-refractivity contribution < 1.29 is 14.3 Å². The van der Waals surface area contributed by atoms with Crippen LogP contribution in [0.3, 0.4) is 0 Å². The number of aromatic nitrogens is 2. The average Bonchev–Trinajstić information content (AvgIpc) is 2.96. The van der Waals surface area contributed by atoms with Crippen molar-refractivity contribution in [2.75, 3.05) is 6.54 Å². The largest absolute Gasteiger partial charge is 0.482 e. The van der Waals surface area contributed by atoms with Crippen LogP contribution in [0.1, 0.15) is 57.4 Å². The van der Waals surface area contributed by atoms with E-state index in [2.05, 4.69) is 42.2 Å². The van der Waals surface area contributed by atoms with Crippen LogP contribution < -0.4 is 4.74 Å². The van der Waals surface area contributed by atoms with Gasteiger partial charge in [-0.15, -0.1) is 0 Å². The van der Waals surface area contributed by atoms with Crippen molar-refractivity contribution >= 4 is 6.09 Å². The summed E-state index contributed by atoms with van der Waals surface area (Å²) in [6.45, 7) is 12.4. The normalized spacial score (nSPS) is 23.8. The summed E-state index contributed by atoms with van der Waals surface area (Å²) < 4.78 is 12.3. The molecule has 0 bridgehead atoms. The number of aryl methyl sites for hydroxylation is 2. The number of H-pyrrole nitrogens is 1. The second-order valence-corrected chi connectivity index (χ2v) is 9.15. The van der Waals surface area contributed by atoms with Crippen molar-refractivity contribution in [1.29, 1.82) is 0 Å². The molecule has 0 unspecified atom stereocenters. The predicted octanol–water partition coefficient (Wildman–Crippen LogP) is 4.70. The molecule has 0 radical (unpaired) electrons. The molecule has 1 amide bonds. The molecule has 28 heavy (non-hydrogen) atoms. The molecule has 1 fully saturated rings. The number of fused-ring (bicyclic) bond motifs is 4. The molecule has 4 rings (SSSR count). The Bertz CT molecular complexity index is 928. The zero-order valence-corrected chi connectivity index (χ0v) is 17.5. The zero-order chi connectivity index (χ0) is 20.3. The molecule has 3 heterocycles. The van der Waals surface area contributed by atoms with Crippen LogP contribution >= 0.6 is 0 Å². The highest BCUT2D eigenvalue weighted by Gasteiger charge is 2.49. The number of piperidine rings is 1. The first-order chi connectivity index (χ1) is 13.1. The SMILES string of the molecule is Cc1ccc2c(c1)O[C@@]1(CCN(C(=O)OC(C)(C)C)[C@@H](C)C1)c1c-2n[nH]c1C. The van der Waals surface area contributed by atoms with Gasteiger partial charge in [-0.05, 0) is 59.2 Å². The molecule has 6 heteroatoms. The Kier molecular flexibility index (Phi) is 4.21. The third-order valence-corrected chi connectivity index (χ3v) is 5.64. The third-order valence-electron chi connectivity index (χ3n) is 5.64. The number of rotatable bonds is 0. The standard InChI is InChI=1S/C22H29N3O3/c1-13-7-8-16-17(11-13)27-22(18-15(3)23-24-19(16)18)9-10-25(14(2)12-22)20(26)28-21(4,5)6/h7-8,11,14H,9-10,12H2,1-6H3,(H,23,24)/t14-,22+/m0/s1. The molecule has 0 aliphatic carbocycles. The first kappa shape index (κ1) is 18.8. The van der Waals surface area contributed by atoms with E-state index < -0.39 is 11.2 Å². The van der Waals surface area contributed by atoms with E-state index in [4.69, 9.17) is 9.47 Å². The van der Waals surface area contributed by atoms with E-state index in [-0.39, 0.29) is 12.1 Å². The van der Waals surface area contributed by atoms with Crippen molar-refractivity contribution in [1.82, 2.24) is 15.1 Å². The van der Waals surface area contributed by atoms with Gasteiger partial charge < -0.3 is 14.4 Å². The molecule has 0 saturated carbocycles. The summed E-state index contributed by atoms with van der Waals surface area (Å²) in [5.74, 6) is 0.872. The number of amides is 1. The van der Waals surface area contributed by atoms with Gasteiger partial charge in [0.1, 0.15) is 22.6 Å². The molecule has 1 aromatic carbocycles. The lowest BCUT2D eigenvalue weighted by Crippen LogP contribution is -2.54. The van der Waals surface area contributed by atoms with Crippen LogP contribution in [0.4, 0.5) is 4.79 Å². The van der Waals surface area contributed by atoms with E-state index in [1.165, 1.54) is 0 Å². The van der Waals surface area contributed by atoms with Crippen LogP contribution in [0.25, 0.3) is 11.3 Å². The molecule has 1 saturated heterocycles. The molecule has 2 aliphatic rings. The van der Waals surface area contributed by atoms with E-state index in [1.807, 2.05) is 32.6 Å². The molecule has 1 aromatic heterocycles. The van der Waals surface area contributed by atoms with Gasteiger partial charge in [0.15, 0.2) is 0 Å². The van der Waals surface area contributed by atoms with Gasteiger partial charge >= 0.3 is 6.09 Å². The molecular weight excluding hydrogens is 354 g/mol. The lowest BCUT2D eigenvalue weighted by molar-refractivity contribution is -0.0412. The minimum atomic E-state index is -0.502. The summed E-state index contributed by atoms with van der Waals surface area (Å²) in [5, 5.41) is 7.75. The predicted molar refractivity (Wildman–Crippen MR) is 107 cm³/mol. The first-order valence-electron chi connectivity index (χ1n) is 9.95. The van der Waals surface area contributed by atoms with Crippen molar-refractivity contribution in [2.24, 2.45) is 0 Å². The van der Waals surface area contributed by atoms with Crippen LogP contribution in [0.15, 0.2) is 18.2 Å². The molecule has 2 aliphatic heterocycles. The molecule has 1 N–H and O–H groups in total. The topological polar surface area (TPSA) is 67.4 Å². The van der Waals surface area contributed by atoms with Gasteiger partial charge in [-0.25, -0.2) is 4.79 Å². The highest BCUT2D eigenvalue weighted by Crippen LogP contribution is 2.51. The quantitative estimate of drug-likeness (QED) is 0.716. The summed E-state index contributed by atoms with van der Waals surface area (Å²) >= 11 is 0. The van der Waals surface area contributed by atoms with Gasteiger partial charge in [0.2, 0.25) is 0 Å². The number of aromatic amines is 1. The van der Waals surface area contributed by atoms with Crippen molar-refractivity contribution in [3.8, 4) is 17.0 Å². The maximum atomic E-state index is 12.6. The second kappa shape index (κ2) is 6.26. The van der Waals surface area contributed by atoms with Gasteiger partial charge in [0.25, 0.3) is 0 Å². The number of ether oxygens (including phenoxy) is 2. The van der Waals surface area contributed by atoms with E-state index in [9.17, 15) is 4.79 Å². The van der Waals surface area contributed by atoms with Gasteiger partial charge in [-0.1, -0.05) is 6.07 Å². The molecule has 2 atom stereocenters. The fourth-order valence-electron chi connectivity index (χ4n) is 4.48. The Balaban J connectivity index is 1.68. The number of benzene rings is 1. The van der Waals surface area contributed by atoms with Crippen LogP contribution in [-0.4, -0.2) is 39.4 Å². The number of hydrogen-bond acceptors (Lipinski definition) is 4. The fourth-order valence-corrected chi connectivity index (χ4v) is 4.48. The lowest BCUT2D eigenvalue weighted by atomic mass is 9.77. The Morgan fingerprint density at radius 1 is 1.36 bits per heavy atom. The zero-order valence-electron chi connectivity index (χ0n) is 17.5. The van der Waals surface area contributed by atoms with Crippen molar-refractivity contribution in [3.05, 3.63) is 35.0 Å². The first-order valence-corrected chi connectivity index (χ1v) is 9.95. The highest BCUT2D eigenvalue weighted by atomic mass is 16.6. The van der Waals surface area contributed by atoms with E-state index in [0.717, 1.165) is 33.8 Å². The van der Waals surface area contributed by atoms with E-state index in [0.29, 0.717) is 19.4 Å². The monoisotopic (exact) mass is 383 g/mol. The number of carbonyl (C=O) groups excluding carboxylic acids is 1. The minimum absolute atomic E-state index is 0.00268. The van der Waals surface area contributed by atoms with E-state index >= 15 is 0 Å². The summed E-state index contributed by atoms with van der Waals surface area (Å²) in [6.07, 6.45) is 1.15. The molecule has 6 nitrogen and oxygen atoms in total. The molecule has 2 aromatic rings. The van der Waals surface area contributed by atoms with Crippen LogP contribution in [0.2, 0.25) is 0 Å². The Labute approximate surface area is 166 Å². The Hall–Kier alpha value is -2.50. The number of nitrogens with one attached hydrogen (secondary N) is 1. The number of likely N-dealkylation sites (tertiary alicyclic amines) is 1. The number of nitrogens with zero attached hydrogens (tertiary/aromatic N) is 2. The maximum Gasteiger partial charge on any atom is 0.410 e. The van der Waals surface area contributed by atoms with Crippen molar-refractivity contribution in [2.45, 2.75) is 71.6 Å². The van der Waals surface area contributed by atoms with Crippen LogP contribution in [0.5, 0.6) is 5.75 Å². The van der Waals surface area contributed by atoms with Gasteiger partial charge in [0, 0.05) is 42.2 Å². The second-order valence-electron chi connectivity index (χ2n) is 9.15. The summed E-state index contributed by atoms with van der Waals surface area (Å²) in [4.78, 5) is 14.5. The molecule has 150 valence electrons. The molecule has 1 spiro atoms. The summed E-state index contributed by atoms with van der Waals surface area (Å²) in [7, 11) is 0. The van der Waals surface area contributed by atoms with E-state index in [1.54, 1.807) is 0 Å². The number of carbonyl (C=O) groups is 1. The van der Waals surface area contributed by atoms with Crippen LogP contribution in [0, 0.1) is 13.8 Å². The third kappa shape index (κ3) is 3.05. The maximum absolute atomic E-state index is 12.6. The summed E-state index contributed by atoms with van der Waals surface area (Å²) in [5.41, 5.74) is 4.32. The Morgan fingerprint density at radius 2 is 2.11 bits per heavy atom. The van der Waals surface area contributed by atoms with Gasteiger partial charge in [-0.2, -0.15) is 5.10 Å². The smallest absolute Gasteiger partial charge is 0.410 e. The number of hydrogen-bond donors (Lipinski definition) is 1. The fraction of sp³-hybridized carbons (Fsp3) is 0.545. The lowest BCUT2D eigenvalue weighted by Gasteiger charge is -2.47. The Morgan fingerprint density at radius 3 is 2.79 bits per heavy atom. The molecular formula is C22H29N3O3. The van der Waals surface area contributed by atoms with Crippen molar-refractivity contribution in [3.63, 3.8) is 0 Å². The average molecular weight is 383 g/mol. The van der Waals surface area contributed by atoms with Crippen LogP contribution in [-0.2, 0) is 10.3 Å². The van der Waals surface area contributed by atoms with Gasteiger partial charge in [-0.3, -0.25) is 5.10 Å². The minimum Gasteiger partial charge on any atom is -0.482 e. The van der Waals surface area contributed by atoms with Gasteiger partial charge in [0.05, 0.1) is 0 Å². The highest BCUT2D eigenvalue weighted by molar-refractivity contribution is 5.75.